The Kier molecular flexibility index (Phi) is 4.63. The molecule has 0 aromatic heterocycles. The number of hydrogen-bond donors (Lipinski definition) is 1. The van der Waals surface area contributed by atoms with Gasteiger partial charge in [0.2, 0.25) is 5.69 Å². The maximum atomic E-state index is 12.1. The molecule has 0 atom stereocenters. The van der Waals surface area contributed by atoms with Gasteiger partial charge >= 0.3 is 0 Å². The minimum absolute atomic E-state index is 0.215. The van der Waals surface area contributed by atoms with E-state index in [1.807, 2.05) is 0 Å². The number of hydrogen-bond acceptors (Lipinski definition) is 5. The number of carbonyl (C=O) groups excluding carboxylic acids is 2. The zero-order valence-corrected chi connectivity index (χ0v) is 12.0. The van der Waals surface area contributed by atoms with Crippen molar-refractivity contribution in [2.75, 3.05) is 5.73 Å². The van der Waals surface area contributed by atoms with Crippen LogP contribution in [0.5, 0.6) is 0 Å². The van der Waals surface area contributed by atoms with Gasteiger partial charge in [-0.2, -0.15) is 0 Å². The number of carbonyl (C=O) groups is 2. The van der Waals surface area contributed by atoms with Crippen LogP contribution in [0.1, 0.15) is 23.7 Å². The van der Waals surface area contributed by atoms with Crippen molar-refractivity contribution >= 4 is 28.6 Å². The lowest BCUT2D eigenvalue weighted by Gasteiger charge is -2.04. The van der Waals surface area contributed by atoms with Crippen molar-refractivity contribution in [2.24, 2.45) is 5.11 Å². The Morgan fingerprint density at radius 2 is 1.77 bits per heavy atom. The Balaban J connectivity index is 2.36. The molecule has 2 aromatic rings. The summed E-state index contributed by atoms with van der Waals surface area (Å²) in [5.74, 6) is -0.602. The van der Waals surface area contributed by atoms with Gasteiger partial charge in [0.1, 0.15) is 11.5 Å². The van der Waals surface area contributed by atoms with E-state index in [0.717, 1.165) is 0 Å². The summed E-state index contributed by atoms with van der Waals surface area (Å²) < 4.78 is 0. The monoisotopic (exact) mass is 297 g/mol. The van der Waals surface area contributed by atoms with E-state index in [4.69, 9.17) is 5.73 Å². The summed E-state index contributed by atoms with van der Waals surface area (Å²) in [6.07, 6.45) is -0.215. The largest absolute Gasteiger partial charge is 0.594 e. The standard InChI is InChI=1S/C16H15N3O3/c1-11(20)10-16(21)14-4-2-3-5-15(14)18-19(22)13-8-6-12(17)7-9-13/h2-9H,10,17H2,1H3. The van der Waals surface area contributed by atoms with Crippen LogP contribution in [0.15, 0.2) is 53.6 Å². The van der Waals surface area contributed by atoms with Crippen LogP contribution in [-0.2, 0) is 4.79 Å². The van der Waals surface area contributed by atoms with Crippen LogP contribution in [0.2, 0.25) is 0 Å². The molecule has 0 aliphatic carbocycles. The SMILES string of the molecule is CC(=O)CC(=O)c1ccccc1N=[N+]([O-])c1ccc(N)cc1. The van der Waals surface area contributed by atoms with Crippen LogP contribution >= 0.6 is 0 Å². The highest BCUT2D eigenvalue weighted by molar-refractivity contribution is 6.09. The number of ketones is 2. The second kappa shape index (κ2) is 6.62. The fraction of sp³-hybridized carbons (Fsp3) is 0.125. The lowest BCUT2D eigenvalue weighted by Crippen LogP contribution is -2.05. The highest BCUT2D eigenvalue weighted by Crippen LogP contribution is 2.23. The average molecular weight is 297 g/mol. The van der Waals surface area contributed by atoms with Crippen LogP contribution in [0, 0.1) is 5.21 Å². The number of nitrogen functional groups attached to an aromatic ring is 1. The van der Waals surface area contributed by atoms with E-state index in [1.165, 1.54) is 19.1 Å². The highest BCUT2D eigenvalue weighted by Gasteiger charge is 2.15. The molecule has 6 nitrogen and oxygen atoms in total. The van der Waals surface area contributed by atoms with E-state index in [-0.39, 0.29) is 29.2 Å². The minimum Gasteiger partial charge on any atom is -0.594 e. The predicted molar refractivity (Wildman–Crippen MR) is 82.3 cm³/mol. The summed E-state index contributed by atoms with van der Waals surface area (Å²) in [7, 11) is 0. The molecule has 0 aliphatic heterocycles. The molecule has 2 N–H and O–H groups in total. The third-order valence-electron chi connectivity index (χ3n) is 2.93. The van der Waals surface area contributed by atoms with Gasteiger partial charge < -0.3 is 10.9 Å². The molecule has 0 saturated heterocycles. The van der Waals surface area contributed by atoms with Crippen molar-refractivity contribution in [1.82, 2.24) is 0 Å². The first-order valence-electron chi connectivity index (χ1n) is 6.63. The Labute approximate surface area is 127 Å². The van der Waals surface area contributed by atoms with Crippen LogP contribution < -0.4 is 5.73 Å². The van der Waals surface area contributed by atoms with E-state index >= 15 is 0 Å². The molecule has 0 amide bonds. The summed E-state index contributed by atoms with van der Waals surface area (Å²) in [6, 6.07) is 12.7. The van der Waals surface area contributed by atoms with Crippen molar-refractivity contribution in [3.63, 3.8) is 0 Å². The number of azo groups is 1. The quantitative estimate of drug-likeness (QED) is 0.228. The molecule has 22 heavy (non-hydrogen) atoms. The van der Waals surface area contributed by atoms with E-state index in [0.29, 0.717) is 16.2 Å². The second-order valence-corrected chi connectivity index (χ2v) is 4.78. The predicted octanol–water partition coefficient (Wildman–Crippen LogP) is 3.36. The minimum atomic E-state index is -0.363. The molecule has 6 heteroatoms. The van der Waals surface area contributed by atoms with Crippen LogP contribution in [-0.4, -0.2) is 16.4 Å². The molecule has 0 saturated carbocycles. The molecule has 0 bridgehead atoms. The summed E-state index contributed by atoms with van der Waals surface area (Å²) in [4.78, 5) is 23.5. The summed E-state index contributed by atoms with van der Waals surface area (Å²) in [5, 5.41) is 15.9. The highest BCUT2D eigenvalue weighted by atomic mass is 16.5. The molecule has 0 spiro atoms. The van der Waals surface area contributed by atoms with E-state index in [2.05, 4.69) is 5.11 Å². The van der Waals surface area contributed by atoms with Gasteiger partial charge in [0.25, 0.3) is 0 Å². The van der Waals surface area contributed by atoms with Crippen molar-refractivity contribution in [3.05, 3.63) is 59.3 Å². The van der Waals surface area contributed by atoms with Gasteiger partial charge in [-0.3, -0.25) is 9.59 Å². The summed E-state index contributed by atoms with van der Waals surface area (Å²) in [5.41, 5.74) is 6.86. The lowest BCUT2D eigenvalue weighted by molar-refractivity contribution is -0.435. The summed E-state index contributed by atoms with van der Waals surface area (Å²) >= 11 is 0. The van der Waals surface area contributed by atoms with Crippen LogP contribution in [0.3, 0.4) is 0 Å². The van der Waals surface area contributed by atoms with Gasteiger partial charge in [0, 0.05) is 28.5 Å². The third-order valence-corrected chi connectivity index (χ3v) is 2.93. The molecule has 2 aromatic carbocycles. The van der Waals surface area contributed by atoms with E-state index < -0.39 is 0 Å². The first-order chi connectivity index (χ1) is 10.5. The van der Waals surface area contributed by atoms with Gasteiger partial charge in [-0.1, -0.05) is 17.0 Å². The van der Waals surface area contributed by atoms with Crippen molar-refractivity contribution in [3.8, 4) is 0 Å². The molecule has 2 rings (SSSR count). The van der Waals surface area contributed by atoms with E-state index in [1.54, 1.807) is 36.4 Å². The van der Waals surface area contributed by atoms with Crippen LogP contribution in [0.4, 0.5) is 17.1 Å². The van der Waals surface area contributed by atoms with Gasteiger partial charge in [-0.15, -0.1) is 0 Å². The first kappa shape index (κ1) is 15.4. The smallest absolute Gasteiger partial charge is 0.245 e. The van der Waals surface area contributed by atoms with E-state index in [9.17, 15) is 14.8 Å². The average Bonchev–Trinajstić information content (AvgIpc) is 2.47. The topological polar surface area (TPSA) is 98.6 Å². The Hall–Kier alpha value is -3.02. The van der Waals surface area contributed by atoms with Gasteiger partial charge in [0.05, 0.1) is 6.42 Å². The fourth-order valence-electron chi connectivity index (χ4n) is 1.88. The maximum absolute atomic E-state index is 12.1. The molecule has 0 unspecified atom stereocenters. The van der Waals surface area contributed by atoms with Crippen molar-refractivity contribution in [1.29, 1.82) is 0 Å². The molecule has 112 valence electrons. The number of anilines is 1. The van der Waals surface area contributed by atoms with Crippen molar-refractivity contribution < 1.29 is 14.4 Å². The normalized spacial score (nSPS) is 11.2. The molecule has 0 radical (unpaired) electrons. The zero-order valence-electron chi connectivity index (χ0n) is 12.0. The second-order valence-electron chi connectivity index (χ2n) is 4.78. The van der Waals surface area contributed by atoms with Crippen LogP contribution in [0.25, 0.3) is 0 Å². The molecule has 0 aliphatic rings. The number of nitrogens with two attached hydrogens (primary N) is 1. The number of benzene rings is 2. The van der Waals surface area contributed by atoms with Crippen molar-refractivity contribution in [2.45, 2.75) is 13.3 Å². The first-order valence-corrected chi connectivity index (χ1v) is 6.63. The molecule has 0 heterocycles. The fourth-order valence-corrected chi connectivity index (χ4v) is 1.88. The summed E-state index contributed by atoms with van der Waals surface area (Å²) in [6.45, 7) is 1.34. The zero-order chi connectivity index (χ0) is 16.1. The molecular weight excluding hydrogens is 282 g/mol. The maximum Gasteiger partial charge on any atom is 0.245 e. The van der Waals surface area contributed by atoms with Gasteiger partial charge in [-0.05, 0) is 31.2 Å². The third kappa shape index (κ3) is 3.76. The molecule has 0 fully saturated rings. The molecular formula is C16H15N3O3. The van der Waals surface area contributed by atoms with Gasteiger partial charge in [0.15, 0.2) is 5.78 Å². The Bertz CT molecular complexity index is 737. The number of rotatable bonds is 5. The number of Topliss-reactive ketones (excluding diaryl/α,β-unsaturated/α-hetero) is 2. The van der Waals surface area contributed by atoms with Gasteiger partial charge in [-0.25, -0.2) is 0 Å². The number of nitrogens with zero attached hydrogens (tertiary/aromatic N) is 2. The Morgan fingerprint density at radius 1 is 1.14 bits per heavy atom. The lowest BCUT2D eigenvalue weighted by atomic mass is 10.0. The Morgan fingerprint density at radius 3 is 2.41 bits per heavy atom.